The zero-order valence-electron chi connectivity index (χ0n) is 19.0. The second-order valence-corrected chi connectivity index (χ2v) is 8.87. The Bertz CT molecular complexity index is 1160. The van der Waals surface area contributed by atoms with Gasteiger partial charge in [-0.05, 0) is 43.3 Å². The summed E-state index contributed by atoms with van der Waals surface area (Å²) in [5.74, 6) is 1.15. The third-order valence-electron chi connectivity index (χ3n) is 6.37. The van der Waals surface area contributed by atoms with Crippen molar-refractivity contribution in [2.24, 2.45) is 5.92 Å². The minimum atomic E-state index is -0.250. The quantitative estimate of drug-likeness (QED) is 0.526. The molecule has 2 aliphatic rings. The predicted octanol–water partition coefficient (Wildman–Crippen LogP) is 4.57. The molecule has 3 aromatic carbocycles. The number of carbonyl (C=O) groups is 2. The molecule has 0 unspecified atom stereocenters. The Balaban J connectivity index is 1.19. The number of fused-ring (bicyclic) bond motifs is 1. The standard InChI is InChI=1S/C28H27NO5/c1-18-10-12-19(13-11-18)28(31)29-24-17-33-26-21(16-32-27(24)26)15-25(30)20-6-5-9-23(14-20)34-22-7-3-2-4-8-22/h2-14,21,24,26-27H,15-17H2,1H3,(H,29,31)/t21-,24-,26+,27+/m0/s1. The van der Waals surface area contributed by atoms with Gasteiger partial charge in [-0.15, -0.1) is 0 Å². The molecule has 2 fully saturated rings. The van der Waals surface area contributed by atoms with Crippen LogP contribution in [0.25, 0.3) is 0 Å². The fourth-order valence-corrected chi connectivity index (χ4v) is 4.55. The molecule has 5 rings (SSSR count). The van der Waals surface area contributed by atoms with Crippen LogP contribution in [0, 0.1) is 12.8 Å². The molecular formula is C28H27NO5. The monoisotopic (exact) mass is 457 g/mol. The van der Waals surface area contributed by atoms with Crippen molar-refractivity contribution in [2.45, 2.75) is 31.6 Å². The lowest BCUT2D eigenvalue weighted by Crippen LogP contribution is -2.44. The number of nitrogens with one attached hydrogen (secondary N) is 1. The zero-order valence-corrected chi connectivity index (χ0v) is 19.0. The number of rotatable bonds is 7. The Kier molecular flexibility index (Phi) is 6.43. The van der Waals surface area contributed by atoms with E-state index in [0.717, 1.165) is 11.3 Å². The van der Waals surface area contributed by atoms with E-state index in [1.165, 1.54) is 0 Å². The van der Waals surface area contributed by atoms with E-state index < -0.39 is 0 Å². The van der Waals surface area contributed by atoms with E-state index >= 15 is 0 Å². The van der Waals surface area contributed by atoms with Crippen molar-refractivity contribution in [3.05, 3.63) is 95.6 Å². The van der Waals surface area contributed by atoms with Gasteiger partial charge in [0.15, 0.2) is 5.78 Å². The third kappa shape index (κ3) is 4.88. The summed E-state index contributed by atoms with van der Waals surface area (Å²) in [6.07, 6.45) is -0.148. The van der Waals surface area contributed by atoms with E-state index in [1.807, 2.05) is 73.7 Å². The largest absolute Gasteiger partial charge is 0.457 e. The average molecular weight is 458 g/mol. The van der Waals surface area contributed by atoms with Gasteiger partial charge < -0.3 is 19.5 Å². The first kappa shape index (κ1) is 22.3. The predicted molar refractivity (Wildman–Crippen MR) is 127 cm³/mol. The third-order valence-corrected chi connectivity index (χ3v) is 6.37. The molecule has 6 heteroatoms. The Morgan fingerprint density at radius 1 is 0.853 bits per heavy atom. The van der Waals surface area contributed by atoms with Crippen LogP contribution in [0.4, 0.5) is 0 Å². The number of benzene rings is 3. The van der Waals surface area contributed by atoms with Crippen molar-refractivity contribution in [3.63, 3.8) is 0 Å². The van der Waals surface area contributed by atoms with Gasteiger partial charge >= 0.3 is 0 Å². The van der Waals surface area contributed by atoms with Crippen LogP contribution >= 0.6 is 0 Å². The molecule has 4 atom stereocenters. The van der Waals surface area contributed by atoms with Gasteiger partial charge in [0.2, 0.25) is 0 Å². The van der Waals surface area contributed by atoms with Crippen molar-refractivity contribution in [2.75, 3.05) is 13.2 Å². The van der Waals surface area contributed by atoms with Crippen molar-refractivity contribution in [1.29, 1.82) is 0 Å². The van der Waals surface area contributed by atoms with Gasteiger partial charge in [-0.1, -0.05) is 48.0 Å². The molecule has 1 amide bonds. The summed E-state index contributed by atoms with van der Waals surface area (Å²) < 4.78 is 17.8. The minimum Gasteiger partial charge on any atom is -0.457 e. The maximum Gasteiger partial charge on any atom is 0.251 e. The molecule has 1 N–H and O–H groups in total. The van der Waals surface area contributed by atoms with Crippen molar-refractivity contribution < 1.29 is 23.8 Å². The fraction of sp³-hybridized carbons (Fsp3) is 0.286. The Morgan fingerprint density at radius 2 is 1.59 bits per heavy atom. The SMILES string of the molecule is Cc1ccc(C(=O)N[C@H]2CO[C@@H]3[C@@H](CC(=O)c4cccc(Oc5ccccc5)c4)CO[C@@H]32)cc1. The van der Waals surface area contributed by atoms with Crippen LogP contribution in [0.3, 0.4) is 0 Å². The van der Waals surface area contributed by atoms with Crippen LogP contribution in [0.1, 0.15) is 32.7 Å². The number of ether oxygens (including phenoxy) is 3. The van der Waals surface area contributed by atoms with Crippen LogP contribution in [0.5, 0.6) is 11.5 Å². The van der Waals surface area contributed by atoms with Gasteiger partial charge in [0.05, 0.1) is 25.4 Å². The Labute approximate surface area is 198 Å². The number of para-hydroxylation sites is 1. The summed E-state index contributed by atoms with van der Waals surface area (Å²) in [7, 11) is 0. The van der Waals surface area contributed by atoms with Crippen LogP contribution in [0.2, 0.25) is 0 Å². The van der Waals surface area contributed by atoms with E-state index in [0.29, 0.717) is 36.5 Å². The summed E-state index contributed by atoms with van der Waals surface area (Å²) >= 11 is 0. The first-order valence-corrected chi connectivity index (χ1v) is 11.5. The van der Waals surface area contributed by atoms with Crippen molar-refractivity contribution >= 4 is 11.7 Å². The molecule has 174 valence electrons. The number of Topliss-reactive ketones (excluding diaryl/α,β-unsaturated/α-hetero) is 1. The minimum absolute atomic E-state index is 0.0171. The summed E-state index contributed by atoms with van der Waals surface area (Å²) in [5, 5.41) is 3.03. The number of amides is 1. The summed E-state index contributed by atoms with van der Waals surface area (Å²) in [6.45, 7) is 2.79. The van der Waals surface area contributed by atoms with Gasteiger partial charge in [-0.25, -0.2) is 0 Å². The molecule has 2 saturated heterocycles. The van der Waals surface area contributed by atoms with Gasteiger partial charge in [0, 0.05) is 23.5 Å². The highest BCUT2D eigenvalue weighted by molar-refractivity contribution is 5.96. The highest BCUT2D eigenvalue weighted by atomic mass is 16.6. The molecule has 0 spiro atoms. The van der Waals surface area contributed by atoms with Crippen molar-refractivity contribution in [1.82, 2.24) is 5.32 Å². The Morgan fingerprint density at radius 3 is 2.38 bits per heavy atom. The van der Waals surface area contributed by atoms with Crippen LogP contribution in [0.15, 0.2) is 78.9 Å². The average Bonchev–Trinajstić information content (AvgIpc) is 3.43. The van der Waals surface area contributed by atoms with E-state index in [2.05, 4.69) is 5.32 Å². The topological polar surface area (TPSA) is 73.9 Å². The molecule has 0 bridgehead atoms. The summed E-state index contributed by atoms with van der Waals surface area (Å²) in [4.78, 5) is 25.6. The first-order chi connectivity index (χ1) is 16.6. The second-order valence-electron chi connectivity index (χ2n) is 8.87. The van der Waals surface area contributed by atoms with E-state index in [9.17, 15) is 9.59 Å². The van der Waals surface area contributed by atoms with Gasteiger partial charge in [-0.2, -0.15) is 0 Å². The number of hydrogen-bond acceptors (Lipinski definition) is 5. The van der Waals surface area contributed by atoms with Crippen molar-refractivity contribution in [3.8, 4) is 11.5 Å². The zero-order chi connectivity index (χ0) is 23.5. The molecule has 0 aromatic heterocycles. The highest BCUT2D eigenvalue weighted by Gasteiger charge is 2.48. The summed E-state index contributed by atoms with van der Waals surface area (Å²) in [5.41, 5.74) is 2.31. The fourth-order valence-electron chi connectivity index (χ4n) is 4.55. The molecule has 34 heavy (non-hydrogen) atoms. The normalized spacial score (nSPS) is 23.3. The lowest BCUT2D eigenvalue weighted by Gasteiger charge is -2.18. The molecular weight excluding hydrogens is 430 g/mol. The highest BCUT2D eigenvalue weighted by Crippen LogP contribution is 2.34. The summed E-state index contributed by atoms with van der Waals surface area (Å²) in [6, 6.07) is 23.9. The maximum absolute atomic E-state index is 13.0. The lowest BCUT2D eigenvalue weighted by atomic mass is 9.92. The molecule has 3 aromatic rings. The smallest absolute Gasteiger partial charge is 0.251 e. The first-order valence-electron chi connectivity index (χ1n) is 11.5. The lowest BCUT2D eigenvalue weighted by molar-refractivity contribution is 0.0591. The molecule has 0 radical (unpaired) electrons. The number of hydrogen-bond donors (Lipinski definition) is 1. The van der Waals surface area contributed by atoms with E-state index in [1.54, 1.807) is 12.1 Å². The van der Waals surface area contributed by atoms with Gasteiger partial charge in [0.1, 0.15) is 17.6 Å². The van der Waals surface area contributed by atoms with Gasteiger partial charge in [-0.3, -0.25) is 9.59 Å². The van der Waals surface area contributed by atoms with E-state index in [-0.39, 0.29) is 35.9 Å². The Hall–Kier alpha value is -3.48. The molecule has 6 nitrogen and oxygen atoms in total. The van der Waals surface area contributed by atoms with Crippen LogP contribution in [-0.2, 0) is 9.47 Å². The second kappa shape index (κ2) is 9.79. The number of carbonyl (C=O) groups excluding carboxylic acids is 2. The maximum atomic E-state index is 13.0. The molecule has 2 heterocycles. The van der Waals surface area contributed by atoms with Crippen LogP contribution in [-0.4, -0.2) is 43.2 Å². The number of ketones is 1. The number of aryl methyl sites for hydroxylation is 1. The molecule has 0 saturated carbocycles. The molecule has 0 aliphatic carbocycles. The molecule has 2 aliphatic heterocycles. The van der Waals surface area contributed by atoms with Gasteiger partial charge in [0.25, 0.3) is 5.91 Å². The van der Waals surface area contributed by atoms with E-state index in [4.69, 9.17) is 14.2 Å². The van der Waals surface area contributed by atoms with Crippen LogP contribution < -0.4 is 10.1 Å².